The molecule has 186 valence electrons. The molecule has 1 aliphatic heterocycles. The third kappa shape index (κ3) is 7.51. The third-order valence-corrected chi connectivity index (χ3v) is 5.87. The Morgan fingerprint density at radius 3 is 1.77 bits per heavy atom. The number of carboxylic acids is 2. The Balaban J connectivity index is 0.000000371. The van der Waals surface area contributed by atoms with Crippen LogP contribution in [0.4, 0.5) is 0 Å². The zero-order valence-electron chi connectivity index (χ0n) is 20.0. The molecule has 3 aromatic rings. The predicted octanol–water partition coefficient (Wildman–Crippen LogP) is 3.06. The fraction of sp³-hybridized carbons (Fsp3) is 0.333. The second-order valence-corrected chi connectivity index (χ2v) is 8.84. The van der Waals surface area contributed by atoms with Crippen molar-refractivity contribution in [3.05, 3.63) is 72.8 Å². The zero-order valence-corrected chi connectivity index (χ0v) is 20.0. The minimum Gasteiger partial charge on any atom is -0.478 e. The highest BCUT2D eigenvalue weighted by molar-refractivity contribution is 6.07. The van der Waals surface area contributed by atoms with Gasteiger partial charge in [-0.05, 0) is 19.1 Å². The molecular weight excluding hydrogens is 446 g/mol. The van der Waals surface area contributed by atoms with Crippen molar-refractivity contribution >= 4 is 33.7 Å². The van der Waals surface area contributed by atoms with Crippen LogP contribution in [0, 0.1) is 0 Å². The van der Waals surface area contributed by atoms with Crippen LogP contribution in [0.3, 0.4) is 0 Å². The molecule has 0 radical (unpaired) electrons. The number of aliphatic hydroxyl groups excluding tert-OH is 1. The number of aromatic nitrogens is 1. The van der Waals surface area contributed by atoms with E-state index in [4.69, 9.17) is 10.2 Å². The van der Waals surface area contributed by atoms with Crippen LogP contribution in [-0.4, -0.2) is 87.0 Å². The number of benzene rings is 2. The van der Waals surface area contributed by atoms with Gasteiger partial charge >= 0.3 is 11.9 Å². The summed E-state index contributed by atoms with van der Waals surface area (Å²) >= 11 is 0. The average molecular weight is 480 g/mol. The molecule has 0 saturated carbocycles. The summed E-state index contributed by atoms with van der Waals surface area (Å²) in [6.07, 6.45) is 0.738. The number of rotatable bonds is 8. The molecule has 1 saturated heterocycles. The Morgan fingerprint density at radius 1 is 0.857 bits per heavy atom. The van der Waals surface area contributed by atoms with E-state index in [1.165, 1.54) is 27.4 Å². The second kappa shape index (κ2) is 12.3. The Bertz CT molecular complexity index is 1140. The van der Waals surface area contributed by atoms with Crippen LogP contribution in [-0.2, 0) is 16.1 Å². The summed E-state index contributed by atoms with van der Waals surface area (Å²) in [5.74, 6) is -2.51. The smallest absolute Gasteiger partial charge is 0.328 e. The van der Waals surface area contributed by atoms with Gasteiger partial charge in [-0.1, -0.05) is 48.6 Å². The molecule has 2 heterocycles. The molecule has 1 fully saturated rings. The maximum Gasteiger partial charge on any atom is 0.328 e. The minimum absolute atomic E-state index is 0.378. The Hall–Kier alpha value is -3.46. The first kappa shape index (κ1) is 26.2. The van der Waals surface area contributed by atoms with Crippen molar-refractivity contribution in [1.29, 1.82) is 0 Å². The number of β-amino-alcohol motifs (C(OH)–C–C–N with tert-alkyl or cyclic N) is 1. The van der Waals surface area contributed by atoms with Crippen molar-refractivity contribution in [2.75, 3.05) is 39.3 Å². The van der Waals surface area contributed by atoms with E-state index in [1.54, 1.807) is 0 Å². The van der Waals surface area contributed by atoms with Gasteiger partial charge in [0.05, 0.1) is 12.6 Å². The lowest BCUT2D eigenvalue weighted by atomic mass is 10.2. The Morgan fingerprint density at radius 2 is 1.31 bits per heavy atom. The predicted molar refractivity (Wildman–Crippen MR) is 138 cm³/mol. The normalized spacial score (nSPS) is 15.7. The fourth-order valence-corrected chi connectivity index (χ4v) is 4.42. The van der Waals surface area contributed by atoms with E-state index in [-0.39, 0.29) is 6.10 Å². The number of hydrogen-bond acceptors (Lipinski definition) is 5. The average Bonchev–Trinajstić information content (AvgIpc) is 3.13. The number of carbonyl (C=O) groups is 2. The third-order valence-electron chi connectivity index (χ3n) is 5.87. The SMILES string of the molecule is C=C(C)CN1CCN(CC(O)Cn2c3ccccc3c3ccccc32)CC1.O=C(O)/C=C/C(=O)O. The van der Waals surface area contributed by atoms with Crippen molar-refractivity contribution in [3.63, 3.8) is 0 Å². The molecule has 1 aliphatic rings. The van der Waals surface area contributed by atoms with Gasteiger partial charge in [-0.3, -0.25) is 9.80 Å². The molecule has 8 nitrogen and oxygen atoms in total. The number of para-hydroxylation sites is 2. The lowest BCUT2D eigenvalue weighted by Crippen LogP contribution is -2.49. The number of fused-ring (bicyclic) bond motifs is 3. The van der Waals surface area contributed by atoms with Crippen LogP contribution < -0.4 is 0 Å². The topological polar surface area (TPSA) is 106 Å². The Labute approximate surface area is 205 Å². The molecule has 0 spiro atoms. The quantitative estimate of drug-likeness (QED) is 0.337. The summed E-state index contributed by atoms with van der Waals surface area (Å²) in [6, 6.07) is 17.0. The standard InChI is InChI=1S/C23H29N3O.C4H4O4/c1-18(2)15-24-11-13-25(14-12-24)16-19(27)17-26-22-9-5-3-7-20(22)21-8-4-6-10-23(21)26;5-3(6)1-2-4(7)8/h3-10,19,27H,1,11-17H2,2H3;1-2H,(H,5,6)(H,7,8)/b;2-1+. The van der Waals surface area contributed by atoms with E-state index in [0.29, 0.717) is 18.7 Å². The van der Waals surface area contributed by atoms with Gasteiger partial charge < -0.3 is 19.9 Å². The summed E-state index contributed by atoms with van der Waals surface area (Å²) < 4.78 is 2.27. The van der Waals surface area contributed by atoms with Crippen LogP contribution in [0.1, 0.15) is 6.92 Å². The summed E-state index contributed by atoms with van der Waals surface area (Å²) in [7, 11) is 0. The van der Waals surface area contributed by atoms with E-state index in [1.807, 2.05) is 0 Å². The van der Waals surface area contributed by atoms with Gasteiger partial charge in [0, 0.05) is 73.2 Å². The van der Waals surface area contributed by atoms with Crippen LogP contribution in [0.2, 0.25) is 0 Å². The largest absolute Gasteiger partial charge is 0.478 e. The van der Waals surface area contributed by atoms with Crippen molar-refractivity contribution in [2.24, 2.45) is 0 Å². The number of aliphatic carboxylic acids is 2. The molecule has 3 N–H and O–H groups in total. The molecular formula is C27H33N3O5. The van der Waals surface area contributed by atoms with Crippen molar-refractivity contribution in [3.8, 4) is 0 Å². The number of nitrogens with zero attached hydrogens (tertiary/aromatic N) is 3. The van der Waals surface area contributed by atoms with Gasteiger partial charge in [-0.15, -0.1) is 0 Å². The van der Waals surface area contributed by atoms with Gasteiger partial charge in [0.15, 0.2) is 0 Å². The number of piperazine rings is 1. The summed E-state index contributed by atoms with van der Waals surface area (Å²) in [4.78, 5) is 23.9. The van der Waals surface area contributed by atoms with E-state index in [9.17, 15) is 14.7 Å². The van der Waals surface area contributed by atoms with Crippen LogP contribution in [0.15, 0.2) is 72.8 Å². The number of carboxylic acid groups (broad SMARTS) is 2. The van der Waals surface area contributed by atoms with Crippen molar-refractivity contribution in [1.82, 2.24) is 14.4 Å². The van der Waals surface area contributed by atoms with Crippen molar-refractivity contribution in [2.45, 2.75) is 19.6 Å². The first-order valence-corrected chi connectivity index (χ1v) is 11.6. The van der Waals surface area contributed by atoms with E-state index in [2.05, 4.69) is 76.4 Å². The van der Waals surface area contributed by atoms with E-state index >= 15 is 0 Å². The second-order valence-electron chi connectivity index (χ2n) is 8.84. The van der Waals surface area contributed by atoms with Gasteiger partial charge in [-0.2, -0.15) is 0 Å². The number of aliphatic hydroxyl groups is 1. The van der Waals surface area contributed by atoms with Gasteiger partial charge in [0.2, 0.25) is 0 Å². The van der Waals surface area contributed by atoms with Gasteiger partial charge in [0.25, 0.3) is 0 Å². The summed E-state index contributed by atoms with van der Waals surface area (Å²) in [5, 5.41) is 29.0. The summed E-state index contributed by atoms with van der Waals surface area (Å²) in [6.45, 7) is 12.6. The summed E-state index contributed by atoms with van der Waals surface area (Å²) in [5.41, 5.74) is 3.61. The maximum atomic E-state index is 10.8. The lowest BCUT2D eigenvalue weighted by molar-refractivity contribution is -0.134. The highest BCUT2D eigenvalue weighted by atomic mass is 16.4. The first-order chi connectivity index (χ1) is 16.7. The molecule has 1 atom stereocenters. The molecule has 8 heteroatoms. The van der Waals surface area contributed by atoms with Gasteiger partial charge in [0.1, 0.15) is 0 Å². The van der Waals surface area contributed by atoms with Crippen LogP contribution in [0.5, 0.6) is 0 Å². The lowest BCUT2D eigenvalue weighted by Gasteiger charge is -2.35. The fourth-order valence-electron chi connectivity index (χ4n) is 4.42. The monoisotopic (exact) mass is 479 g/mol. The minimum atomic E-state index is -1.26. The molecule has 0 amide bonds. The Kier molecular flexibility index (Phi) is 9.19. The van der Waals surface area contributed by atoms with Crippen LogP contribution >= 0.6 is 0 Å². The van der Waals surface area contributed by atoms with Crippen LogP contribution in [0.25, 0.3) is 21.8 Å². The zero-order chi connectivity index (χ0) is 25.4. The maximum absolute atomic E-state index is 10.8. The molecule has 35 heavy (non-hydrogen) atoms. The molecule has 0 bridgehead atoms. The highest BCUT2D eigenvalue weighted by Crippen LogP contribution is 2.28. The van der Waals surface area contributed by atoms with E-state index < -0.39 is 11.9 Å². The van der Waals surface area contributed by atoms with E-state index in [0.717, 1.165) is 39.3 Å². The molecule has 4 rings (SSSR count). The van der Waals surface area contributed by atoms with Crippen molar-refractivity contribution < 1.29 is 24.9 Å². The molecule has 1 unspecified atom stereocenters. The first-order valence-electron chi connectivity index (χ1n) is 11.6. The molecule has 2 aromatic carbocycles. The molecule has 0 aliphatic carbocycles. The molecule has 1 aromatic heterocycles. The highest BCUT2D eigenvalue weighted by Gasteiger charge is 2.20. The number of hydrogen-bond donors (Lipinski definition) is 3. The van der Waals surface area contributed by atoms with Gasteiger partial charge in [-0.25, -0.2) is 9.59 Å².